The van der Waals surface area contributed by atoms with Crippen LogP contribution in [0.3, 0.4) is 0 Å². The Balaban J connectivity index is 1.16. The molecule has 16 nitrogen and oxygen atoms in total. The number of morpholine rings is 2. The predicted octanol–water partition coefficient (Wildman–Crippen LogP) is 6.51. The molecule has 8 rings (SSSR count). The van der Waals surface area contributed by atoms with Gasteiger partial charge in [0.05, 0.1) is 36.9 Å². The third-order valence-electron chi connectivity index (χ3n) is 13.4. The molecule has 0 unspecified atom stereocenters. The number of nitrogens with zero attached hydrogens (tertiary/aromatic N) is 5. The lowest BCUT2D eigenvalue weighted by molar-refractivity contribution is 0.0737. The molecule has 0 spiro atoms. The Morgan fingerprint density at radius 3 is 1.89 bits per heavy atom. The minimum Gasteiger partial charge on any atom is -0.384 e. The first-order valence-electron chi connectivity index (χ1n) is 23.6. The van der Waals surface area contributed by atoms with Crippen LogP contribution < -0.4 is 31.6 Å². The van der Waals surface area contributed by atoms with Gasteiger partial charge in [0.25, 0.3) is 22.9 Å². The highest BCUT2D eigenvalue weighted by atomic mass is 32.2. The smallest absolute Gasteiger partial charge is 0.274 e. The Morgan fingerprint density at radius 2 is 1.28 bits per heavy atom. The van der Waals surface area contributed by atoms with Gasteiger partial charge < -0.3 is 44.1 Å². The zero-order valence-corrected chi connectivity index (χ0v) is 42.1. The van der Waals surface area contributed by atoms with E-state index in [9.17, 15) is 32.7 Å². The molecule has 5 heterocycles. The number of hydrogen-bond acceptors (Lipinski definition) is 12. The number of nitrogens with one attached hydrogen (secondary N) is 2. The van der Waals surface area contributed by atoms with Gasteiger partial charge in [0.15, 0.2) is 9.84 Å². The SMILES string of the molecule is Cc1ccc(NC(=O)c2ccnc(C(C)(C)O)c2)cc1-c1cc(N2CCOCC2)c(=O)n(CCc2ccc(NC(=O)c3cccc(C(C)(C)S(C)(=O)=O)c3)cc2-c2cc(N3CCOCC3)c(=O)n(C)c2)c1. The fourth-order valence-corrected chi connectivity index (χ4v) is 9.35. The van der Waals surface area contributed by atoms with Crippen LogP contribution >= 0.6 is 0 Å². The molecule has 6 aromatic rings. The van der Waals surface area contributed by atoms with Gasteiger partial charge in [-0.15, -0.1) is 0 Å². The van der Waals surface area contributed by atoms with Gasteiger partial charge in [-0.1, -0.05) is 24.3 Å². The topological polar surface area (TPSA) is 194 Å². The zero-order chi connectivity index (χ0) is 50.8. The van der Waals surface area contributed by atoms with Crippen LogP contribution in [0.15, 0.2) is 113 Å². The van der Waals surface area contributed by atoms with Crippen molar-refractivity contribution < 1.29 is 32.6 Å². The molecule has 0 atom stereocenters. The van der Waals surface area contributed by atoms with E-state index in [-0.39, 0.29) is 29.1 Å². The number of carbonyl (C=O) groups excluding carboxylic acids is 2. The maximum atomic E-state index is 14.6. The normalized spacial score (nSPS) is 14.6. The molecule has 0 radical (unpaired) electrons. The Bertz CT molecular complexity index is 3240. The van der Waals surface area contributed by atoms with Crippen molar-refractivity contribution in [3.8, 4) is 22.3 Å². The monoisotopic (exact) mass is 983 g/mol. The van der Waals surface area contributed by atoms with Crippen LogP contribution in [-0.2, 0) is 49.7 Å². The molecule has 0 saturated carbocycles. The number of aromatic nitrogens is 3. The molecule has 0 aliphatic carbocycles. The lowest BCUT2D eigenvalue weighted by atomic mass is 9.96. The van der Waals surface area contributed by atoms with Crippen molar-refractivity contribution in [1.82, 2.24) is 14.1 Å². The predicted molar refractivity (Wildman–Crippen MR) is 277 cm³/mol. The first kappa shape index (κ1) is 50.5. The number of carbonyl (C=O) groups is 2. The van der Waals surface area contributed by atoms with Gasteiger partial charge in [0, 0.05) is 98.2 Å². The van der Waals surface area contributed by atoms with Gasteiger partial charge in [-0.3, -0.25) is 24.2 Å². The van der Waals surface area contributed by atoms with E-state index < -0.39 is 26.1 Å². The molecular weight excluding hydrogens is 923 g/mol. The van der Waals surface area contributed by atoms with Crippen molar-refractivity contribution >= 4 is 44.4 Å². The summed E-state index contributed by atoms with van der Waals surface area (Å²) in [5, 5.41) is 16.5. The third kappa shape index (κ3) is 11.2. The Morgan fingerprint density at radius 1 is 0.718 bits per heavy atom. The number of aliphatic hydroxyl groups is 1. The van der Waals surface area contributed by atoms with E-state index in [1.807, 2.05) is 65.4 Å². The second-order valence-corrected chi connectivity index (χ2v) is 21.8. The summed E-state index contributed by atoms with van der Waals surface area (Å²) in [6.07, 6.45) is 6.66. The fourth-order valence-electron chi connectivity index (χ4n) is 8.79. The lowest BCUT2D eigenvalue weighted by Crippen LogP contribution is -2.40. The minimum absolute atomic E-state index is 0.159. The molecule has 2 aliphatic rings. The first-order chi connectivity index (χ1) is 33.7. The van der Waals surface area contributed by atoms with Gasteiger partial charge in [-0.05, 0) is 130 Å². The van der Waals surface area contributed by atoms with E-state index >= 15 is 0 Å². The Labute approximate surface area is 413 Å². The number of ether oxygens (including phenoxy) is 2. The highest BCUT2D eigenvalue weighted by Gasteiger charge is 2.33. The average Bonchev–Trinajstić information content (AvgIpc) is 3.35. The van der Waals surface area contributed by atoms with Crippen molar-refractivity contribution in [2.45, 2.75) is 57.9 Å². The maximum Gasteiger partial charge on any atom is 0.274 e. The molecule has 71 heavy (non-hydrogen) atoms. The zero-order valence-electron chi connectivity index (χ0n) is 41.2. The fraction of sp³-hybridized carbons (Fsp3) is 0.352. The quantitative estimate of drug-likeness (QED) is 0.107. The standard InChI is InChI=1S/C54H61N7O9S/c1-35-11-13-42(56-50(63)38-15-17-55-48(30-38)53(2,3)66)31-44(35)40-29-47(60-21-25-70-26-22-60)52(65)61(34-40)18-16-36-12-14-43(57-49(62)37-9-8-10-41(27-37)54(4,5)71(7,67)68)32-45(36)39-28-46(51(64)58(6)33-39)59-19-23-69-24-20-59/h8-15,17,27-34,66H,16,18-26H2,1-7H3,(H,56,63)(H,57,62). The summed E-state index contributed by atoms with van der Waals surface area (Å²) >= 11 is 0. The Hall–Kier alpha value is -6.92. The van der Waals surface area contributed by atoms with E-state index in [4.69, 9.17) is 9.47 Å². The number of hydrogen-bond donors (Lipinski definition) is 3. The van der Waals surface area contributed by atoms with Crippen LogP contribution in [-0.4, -0.2) is 98.3 Å². The van der Waals surface area contributed by atoms with Gasteiger partial charge in [-0.25, -0.2) is 8.42 Å². The molecule has 0 bridgehead atoms. The lowest BCUT2D eigenvalue weighted by Gasteiger charge is -2.29. The van der Waals surface area contributed by atoms with Crippen molar-refractivity contribution in [1.29, 1.82) is 0 Å². The van der Waals surface area contributed by atoms with Crippen LogP contribution in [0.25, 0.3) is 22.3 Å². The van der Waals surface area contributed by atoms with Crippen molar-refractivity contribution in [2.24, 2.45) is 7.05 Å². The van der Waals surface area contributed by atoms with Crippen LogP contribution in [0.5, 0.6) is 0 Å². The van der Waals surface area contributed by atoms with Crippen LogP contribution in [0.2, 0.25) is 0 Å². The van der Waals surface area contributed by atoms with Crippen LogP contribution in [0.4, 0.5) is 22.7 Å². The van der Waals surface area contributed by atoms with E-state index in [2.05, 4.69) is 15.6 Å². The van der Waals surface area contributed by atoms with E-state index in [1.165, 1.54) is 12.5 Å². The average molecular weight is 984 g/mol. The molecule has 372 valence electrons. The number of aryl methyl sites for hydroxylation is 4. The van der Waals surface area contributed by atoms with Crippen molar-refractivity contribution in [2.75, 3.05) is 79.3 Å². The molecule has 3 aromatic heterocycles. The number of benzene rings is 3. The second kappa shape index (κ2) is 20.4. The molecule has 2 fully saturated rings. The maximum absolute atomic E-state index is 14.6. The second-order valence-electron chi connectivity index (χ2n) is 19.3. The summed E-state index contributed by atoms with van der Waals surface area (Å²) in [6.45, 7) is 12.7. The minimum atomic E-state index is -3.51. The number of amides is 2. The number of rotatable bonds is 14. The summed E-state index contributed by atoms with van der Waals surface area (Å²) in [7, 11) is -1.80. The van der Waals surface area contributed by atoms with Crippen molar-refractivity contribution in [3.05, 3.63) is 158 Å². The molecule has 2 aliphatic heterocycles. The first-order valence-corrected chi connectivity index (χ1v) is 25.5. The van der Waals surface area contributed by atoms with E-state index in [1.54, 1.807) is 92.5 Å². The number of sulfone groups is 1. The van der Waals surface area contributed by atoms with E-state index in [0.29, 0.717) is 98.6 Å². The third-order valence-corrected chi connectivity index (χ3v) is 15.5. The molecule has 17 heteroatoms. The highest BCUT2D eigenvalue weighted by Crippen LogP contribution is 2.34. The van der Waals surface area contributed by atoms with Gasteiger partial charge in [0.1, 0.15) is 17.0 Å². The van der Waals surface area contributed by atoms with E-state index in [0.717, 1.165) is 33.4 Å². The number of anilines is 4. The number of pyridine rings is 3. The van der Waals surface area contributed by atoms with Crippen molar-refractivity contribution in [3.63, 3.8) is 0 Å². The largest absolute Gasteiger partial charge is 0.384 e. The van der Waals surface area contributed by atoms with Gasteiger partial charge in [0.2, 0.25) is 0 Å². The highest BCUT2D eigenvalue weighted by molar-refractivity contribution is 7.91. The van der Waals surface area contributed by atoms with Crippen LogP contribution in [0, 0.1) is 6.92 Å². The van der Waals surface area contributed by atoms with Gasteiger partial charge in [-0.2, -0.15) is 0 Å². The molecule has 2 amide bonds. The molecule has 3 N–H and O–H groups in total. The summed E-state index contributed by atoms with van der Waals surface area (Å²) in [6, 6.07) is 24.7. The van der Waals surface area contributed by atoms with Crippen LogP contribution in [0.1, 0.15) is 70.8 Å². The summed E-state index contributed by atoms with van der Waals surface area (Å²) < 4.78 is 38.7. The summed E-state index contributed by atoms with van der Waals surface area (Å²) in [5.41, 5.74) is 6.77. The summed E-state index contributed by atoms with van der Waals surface area (Å²) in [5.74, 6) is -0.800. The molecule has 2 saturated heterocycles. The van der Waals surface area contributed by atoms with Gasteiger partial charge >= 0.3 is 0 Å². The molecule has 3 aromatic carbocycles. The summed E-state index contributed by atoms with van der Waals surface area (Å²) in [4.78, 5) is 63.9. The molecular formula is C54H61N7O9S. The Kier molecular flexibility index (Phi) is 14.5.